The highest BCUT2D eigenvalue weighted by Gasteiger charge is 2.34. The standard InChI is InChI=1S/C9H13F3N2O/c1-6(2)7(4-13)8(15)14(3)5-9(10,11)12/h6-7H,5H2,1-3H3. The third kappa shape index (κ3) is 4.68. The average molecular weight is 222 g/mol. The molecule has 0 spiro atoms. The lowest BCUT2D eigenvalue weighted by Crippen LogP contribution is -2.40. The van der Waals surface area contributed by atoms with Crippen molar-refractivity contribution in [2.75, 3.05) is 13.6 Å². The molecule has 0 bridgehead atoms. The van der Waals surface area contributed by atoms with Crippen molar-refractivity contribution < 1.29 is 18.0 Å². The van der Waals surface area contributed by atoms with Crippen LogP contribution in [0, 0.1) is 23.2 Å². The van der Waals surface area contributed by atoms with Crippen molar-refractivity contribution in [1.82, 2.24) is 4.90 Å². The first-order valence-corrected chi connectivity index (χ1v) is 4.40. The van der Waals surface area contributed by atoms with Crippen LogP contribution in [0.3, 0.4) is 0 Å². The van der Waals surface area contributed by atoms with E-state index >= 15 is 0 Å². The van der Waals surface area contributed by atoms with Crippen LogP contribution in [0.25, 0.3) is 0 Å². The molecular weight excluding hydrogens is 209 g/mol. The minimum atomic E-state index is -4.43. The molecule has 0 radical (unpaired) electrons. The molecule has 0 fully saturated rings. The van der Waals surface area contributed by atoms with Gasteiger partial charge >= 0.3 is 6.18 Å². The van der Waals surface area contributed by atoms with Crippen molar-refractivity contribution in [3.8, 4) is 6.07 Å². The summed E-state index contributed by atoms with van der Waals surface area (Å²) in [5.74, 6) is -2.10. The number of carbonyl (C=O) groups excluding carboxylic acids is 1. The summed E-state index contributed by atoms with van der Waals surface area (Å²) in [5, 5.41) is 8.64. The van der Waals surface area contributed by atoms with Crippen molar-refractivity contribution >= 4 is 5.91 Å². The molecule has 6 heteroatoms. The fourth-order valence-corrected chi connectivity index (χ4v) is 1.07. The summed E-state index contributed by atoms with van der Waals surface area (Å²) in [7, 11) is 1.04. The Bertz CT molecular complexity index is 268. The Balaban J connectivity index is 4.51. The monoisotopic (exact) mass is 222 g/mol. The molecule has 0 aromatic rings. The van der Waals surface area contributed by atoms with E-state index in [0.717, 1.165) is 7.05 Å². The van der Waals surface area contributed by atoms with Crippen molar-refractivity contribution in [2.45, 2.75) is 20.0 Å². The van der Waals surface area contributed by atoms with Gasteiger partial charge in [-0.05, 0) is 5.92 Å². The van der Waals surface area contributed by atoms with Gasteiger partial charge in [0.25, 0.3) is 0 Å². The molecule has 0 aromatic carbocycles. The zero-order chi connectivity index (χ0) is 12.2. The van der Waals surface area contributed by atoms with Gasteiger partial charge in [0, 0.05) is 7.05 Å². The van der Waals surface area contributed by atoms with E-state index in [2.05, 4.69) is 0 Å². The molecule has 0 saturated heterocycles. The molecule has 15 heavy (non-hydrogen) atoms. The van der Waals surface area contributed by atoms with E-state index in [0.29, 0.717) is 4.90 Å². The molecule has 3 nitrogen and oxygen atoms in total. The lowest BCUT2D eigenvalue weighted by molar-refractivity contribution is -0.160. The zero-order valence-electron chi connectivity index (χ0n) is 8.80. The van der Waals surface area contributed by atoms with Crippen LogP contribution in [-0.4, -0.2) is 30.6 Å². The molecule has 0 aromatic heterocycles. The van der Waals surface area contributed by atoms with Crippen LogP contribution in [0.5, 0.6) is 0 Å². The van der Waals surface area contributed by atoms with Crippen LogP contribution in [0.1, 0.15) is 13.8 Å². The molecule has 0 aliphatic carbocycles. The first-order valence-electron chi connectivity index (χ1n) is 4.40. The van der Waals surface area contributed by atoms with E-state index in [9.17, 15) is 18.0 Å². The highest BCUT2D eigenvalue weighted by atomic mass is 19.4. The van der Waals surface area contributed by atoms with Gasteiger partial charge in [-0.2, -0.15) is 18.4 Å². The van der Waals surface area contributed by atoms with Gasteiger partial charge in [0.1, 0.15) is 12.5 Å². The smallest absolute Gasteiger partial charge is 0.336 e. The van der Waals surface area contributed by atoms with Crippen LogP contribution in [0.15, 0.2) is 0 Å². The second kappa shape index (κ2) is 5.01. The largest absolute Gasteiger partial charge is 0.406 e. The molecular formula is C9H13F3N2O. The Hall–Kier alpha value is -1.25. The van der Waals surface area contributed by atoms with Crippen molar-refractivity contribution in [3.05, 3.63) is 0 Å². The topological polar surface area (TPSA) is 44.1 Å². The van der Waals surface area contributed by atoms with Crippen LogP contribution in [-0.2, 0) is 4.79 Å². The molecule has 0 heterocycles. The Kier molecular flexibility index (Phi) is 4.59. The van der Waals surface area contributed by atoms with Gasteiger partial charge < -0.3 is 4.90 Å². The number of amides is 1. The van der Waals surface area contributed by atoms with Crippen molar-refractivity contribution in [2.24, 2.45) is 11.8 Å². The minimum absolute atomic E-state index is 0.293. The van der Waals surface area contributed by atoms with Gasteiger partial charge in [-0.25, -0.2) is 0 Å². The van der Waals surface area contributed by atoms with Crippen LogP contribution in [0.4, 0.5) is 13.2 Å². The summed E-state index contributed by atoms with van der Waals surface area (Å²) in [5.41, 5.74) is 0. The molecule has 1 atom stereocenters. The molecule has 1 unspecified atom stereocenters. The number of hydrogen-bond acceptors (Lipinski definition) is 2. The van der Waals surface area contributed by atoms with E-state index in [-0.39, 0.29) is 5.92 Å². The summed E-state index contributed by atoms with van der Waals surface area (Å²) < 4.78 is 35.9. The lowest BCUT2D eigenvalue weighted by Gasteiger charge is -2.22. The molecule has 0 aliphatic rings. The van der Waals surface area contributed by atoms with Gasteiger partial charge in [-0.15, -0.1) is 0 Å². The fraction of sp³-hybridized carbons (Fsp3) is 0.778. The van der Waals surface area contributed by atoms with E-state index < -0.39 is 24.5 Å². The Morgan fingerprint density at radius 1 is 1.47 bits per heavy atom. The summed E-state index contributed by atoms with van der Waals surface area (Å²) in [6.07, 6.45) is -4.43. The van der Waals surface area contributed by atoms with Gasteiger partial charge in [0.2, 0.25) is 5.91 Å². The van der Waals surface area contributed by atoms with Gasteiger partial charge in [0.15, 0.2) is 0 Å². The normalized spacial score (nSPS) is 13.5. The number of carbonyl (C=O) groups is 1. The summed E-state index contributed by atoms with van der Waals surface area (Å²) in [4.78, 5) is 11.9. The lowest BCUT2D eigenvalue weighted by atomic mass is 9.96. The average Bonchev–Trinajstić information content (AvgIpc) is 2.01. The second-order valence-corrected chi connectivity index (χ2v) is 3.66. The van der Waals surface area contributed by atoms with Crippen LogP contribution >= 0.6 is 0 Å². The maximum absolute atomic E-state index is 12.0. The van der Waals surface area contributed by atoms with E-state index in [1.807, 2.05) is 0 Å². The first kappa shape index (κ1) is 13.8. The number of alkyl halides is 3. The third-order valence-corrected chi connectivity index (χ3v) is 1.86. The Morgan fingerprint density at radius 2 is 1.93 bits per heavy atom. The van der Waals surface area contributed by atoms with E-state index in [4.69, 9.17) is 5.26 Å². The van der Waals surface area contributed by atoms with Gasteiger partial charge in [-0.3, -0.25) is 4.79 Å². The number of nitrogens with zero attached hydrogens (tertiary/aromatic N) is 2. The maximum Gasteiger partial charge on any atom is 0.406 e. The van der Waals surface area contributed by atoms with Crippen molar-refractivity contribution in [3.63, 3.8) is 0 Å². The zero-order valence-corrected chi connectivity index (χ0v) is 8.80. The summed E-state index contributed by atoms with van der Waals surface area (Å²) >= 11 is 0. The Labute approximate surface area is 86.5 Å². The summed E-state index contributed by atoms with van der Waals surface area (Å²) in [6, 6.07) is 1.71. The van der Waals surface area contributed by atoms with Crippen molar-refractivity contribution in [1.29, 1.82) is 5.26 Å². The number of nitriles is 1. The molecule has 0 saturated carbocycles. The number of rotatable bonds is 3. The molecule has 86 valence electrons. The highest BCUT2D eigenvalue weighted by Crippen LogP contribution is 2.18. The quantitative estimate of drug-likeness (QED) is 0.730. The van der Waals surface area contributed by atoms with Crippen LogP contribution < -0.4 is 0 Å². The molecule has 0 rings (SSSR count). The third-order valence-electron chi connectivity index (χ3n) is 1.86. The second-order valence-electron chi connectivity index (χ2n) is 3.66. The van der Waals surface area contributed by atoms with Gasteiger partial charge in [0.05, 0.1) is 6.07 Å². The van der Waals surface area contributed by atoms with E-state index in [1.54, 1.807) is 19.9 Å². The molecule has 0 N–H and O–H groups in total. The molecule has 0 aliphatic heterocycles. The SMILES string of the molecule is CC(C)C(C#N)C(=O)N(C)CC(F)(F)F. The minimum Gasteiger partial charge on any atom is -0.336 e. The predicted octanol–water partition coefficient (Wildman–Crippen LogP) is 1.80. The van der Waals surface area contributed by atoms with Gasteiger partial charge in [-0.1, -0.05) is 13.8 Å². The summed E-state index contributed by atoms with van der Waals surface area (Å²) in [6.45, 7) is 1.91. The fourth-order valence-electron chi connectivity index (χ4n) is 1.07. The Morgan fingerprint density at radius 3 is 2.20 bits per heavy atom. The highest BCUT2D eigenvalue weighted by molar-refractivity contribution is 5.81. The number of halogens is 3. The number of hydrogen-bond donors (Lipinski definition) is 0. The predicted molar refractivity (Wildman–Crippen MR) is 47.6 cm³/mol. The maximum atomic E-state index is 12.0. The van der Waals surface area contributed by atoms with Crippen LogP contribution in [0.2, 0.25) is 0 Å². The van der Waals surface area contributed by atoms with E-state index in [1.165, 1.54) is 0 Å². The molecule has 1 amide bonds. The first-order chi connectivity index (χ1) is 6.69.